The van der Waals surface area contributed by atoms with Gasteiger partial charge in [-0.15, -0.1) is 0 Å². The fourth-order valence-electron chi connectivity index (χ4n) is 4.31. The predicted molar refractivity (Wildman–Crippen MR) is 145 cm³/mol. The third-order valence-corrected chi connectivity index (χ3v) is 6.15. The summed E-state index contributed by atoms with van der Waals surface area (Å²) >= 11 is 0. The van der Waals surface area contributed by atoms with Crippen LogP contribution in [-0.2, 0) is 16.1 Å². The molecule has 1 aromatic carbocycles. The van der Waals surface area contributed by atoms with Crippen LogP contribution in [0.15, 0.2) is 66.6 Å². The Morgan fingerprint density at radius 3 is 2.49 bits per heavy atom. The van der Waals surface area contributed by atoms with Crippen molar-refractivity contribution in [1.29, 1.82) is 0 Å². The van der Waals surface area contributed by atoms with Gasteiger partial charge in [0.05, 0.1) is 25.0 Å². The normalized spacial score (nSPS) is 13.8. The molecule has 1 aliphatic carbocycles. The fraction of sp³-hybridized carbons (Fsp3) is 0.379. The number of amides is 2. The standard InChI is InChI=1S/C29H35N5O3/c1-21-10-12-22(13-11-21)24-8-5-6-9-25(24)27(35)32-23-14-15-26(30-20-23)34(28(36)37-29(2,3)4)19-18-33-17-7-16-31-33/h7,10-17,20H,5-6,8-9,18-19H2,1-4H3,(H,32,35). The minimum atomic E-state index is -0.641. The van der Waals surface area contributed by atoms with Crippen molar-refractivity contribution in [3.8, 4) is 0 Å². The van der Waals surface area contributed by atoms with Gasteiger partial charge in [0.25, 0.3) is 5.91 Å². The van der Waals surface area contributed by atoms with Crippen molar-refractivity contribution < 1.29 is 14.3 Å². The third kappa shape index (κ3) is 7.06. The number of rotatable bonds is 7. The molecule has 0 saturated heterocycles. The average Bonchev–Trinajstić information content (AvgIpc) is 3.38. The van der Waals surface area contributed by atoms with Crippen molar-refractivity contribution in [2.75, 3.05) is 16.8 Å². The predicted octanol–water partition coefficient (Wildman–Crippen LogP) is 5.99. The number of benzene rings is 1. The van der Waals surface area contributed by atoms with E-state index in [1.807, 2.05) is 33.0 Å². The lowest BCUT2D eigenvalue weighted by Crippen LogP contribution is -2.39. The number of ether oxygens (including phenoxy) is 1. The maximum absolute atomic E-state index is 13.2. The molecule has 0 saturated carbocycles. The van der Waals surface area contributed by atoms with Gasteiger partial charge < -0.3 is 10.1 Å². The number of nitrogens with zero attached hydrogens (tertiary/aromatic N) is 4. The molecule has 194 valence electrons. The van der Waals surface area contributed by atoms with E-state index in [1.54, 1.807) is 29.2 Å². The molecule has 1 aliphatic rings. The maximum atomic E-state index is 13.2. The summed E-state index contributed by atoms with van der Waals surface area (Å²) in [7, 11) is 0. The smallest absolute Gasteiger partial charge is 0.416 e. The second-order valence-corrected chi connectivity index (χ2v) is 10.3. The summed E-state index contributed by atoms with van der Waals surface area (Å²) in [4.78, 5) is 32.1. The Balaban J connectivity index is 1.51. The van der Waals surface area contributed by atoms with Crippen molar-refractivity contribution in [1.82, 2.24) is 14.8 Å². The Morgan fingerprint density at radius 2 is 1.84 bits per heavy atom. The zero-order chi connectivity index (χ0) is 26.4. The van der Waals surface area contributed by atoms with Crippen LogP contribution < -0.4 is 10.2 Å². The molecule has 3 aromatic rings. The topological polar surface area (TPSA) is 89.4 Å². The van der Waals surface area contributed by atoms with Crippen LogP contribution in [0.1, 0.15) is 57.6 Å². The molecule has 0 unspecified atom stereocenters. The summed E-state index contributed by atoms with van der Waals surface area (Å²) < 4.78 is 7.35. The van der Waals surface area contributed by atoms with Gasteiger partial charge in [-0.25, -0.2) is 9.78 Å². The molecule has 2 aromatic heterocycles. The van der Waals surface area contributed by atoms with Crippen molar-refractivity contribution in [3.63, 3.8) is 0 Å². The van der Waals surface area contributed by atoms with Crippen LogP contribution in [0, 0.1) is 6.92 Å². The molecular weight excluding hydrogens is 466 g/mol. The third-order valence-electron chi connectivity index (χ3n) is 6.15. The number of nitrogens with one attached hydrogen (secondary N) is 1. The Labute approximate surface area is 218 Å². The van der Waals surface area contributed by atoms with E-state index in [9.17, 15) is 9.59 Å². The van der Waals surface area contributed by atoms with Gasteiger partial charge in [0, 0.05) is 18.0 Å². The van der Waals surface area contributed by atoms with E-state index in [0.29, 0.717) is 24.6 Å². The van der Waals surface area contributed by atoms with E-state index in [2.05, 4.69) is 46.6 Å². The summed E-state index contributed by atoms with van der Waals surface area (Å²) in [6.07, 6.45) is 8.34. The molecule has 1 N–H and O–H groups in total. The van der Waals surface area contributed by atoms with Crippen molar-refractivity contribution in [3.05, 3.63) is 77.8 Å². The summed E-state index contributed by atoms with van der Waals surface area (Å²) in [6, 6.07) is 13.7. The Bertz CT molecular complexity index is 1240. The highest BCUT2D eigenvalue weighted by atomic mass is 16.6. The number of aromatic nitrogens is 3. The minimum Gasteiger partial charge on any atom is -0.443 e. The van der Waals surface area contributed by atoms with E-state index >= 15 is 0 Å². The molecule has 2 amide bonds. The number of aryl methyl sites for hydroxylation is 1. The van der Waals surface area contributed by atoms with Crippen LogP contribution in [0.4, 0.5) is 16.3 Å². The Morgan fingerprint density at radius 1 is 1.08 bits per heavy atom. The second-order valence-electron chi connectivity index (χ2n) is 10.3. The Kier molecular flexibility index (Phi) is 8.06. The highest BCUT2D eigenvalue weighted by Crippen LogP contribution is 2.33. The molecular formula is C29H35N5O3. The SMILES string of the molecule is Cc1ccc(C2=C(C(=O)Nc3ccc(N(CCn4cccn4)C(=O)OC(C)(C)C)nc3)CCCC2)cc1. The van der Waals surface area contributed by atoms with Gasteiger partial charge in [-0.2, -0.15) is 5.10 Å². The van der Waals surface area contributed by atoms with Crippen LogP contribution in [0.3, 0.4) is 0 Å². The van der Waals surface area contributed by atoms with Gasteiger partial charge in [-0.3, -0.25) is 14.4 Å². The minimum absolute atomic E-state index is 0.104. The molecule has 0 fully saturated rings. The van der Waals surface area contributed by atoms with Gasteiger partial charge >= 0.3 is 6.09 Å². The highest BCUT2D eigenvalue weighted by molar-refractivity contribution is 6.09. The fourth-order valence-corrected chi connectivity index (χ4v) is 4.31. The van der Waals surface area contributed by atoms with E-state index in [0.717, 1.165) is 42.4 Å². The van der Waals surface area contributed by atoms with Crippen LogP contribution >= 0.6 is 0 Å². The number of hydrogen-bond acceptors (Lipinski definition) is 5. The number of carbonyl (C=O) groups is 2. The van der Waals surface area contributed by atoms with E-state index in [-0.39, 0.29) is 5.91 Å². The molecule has 8 nitrogen and oxygen atoms in total. The van der Waals surface area contributed by atoms with Gasteiger partial charge in [-0.05, 0) is 82.7 Å². The van der Waals surface area contributed by atoms with Crippen LogP contribution in [0.25, 0.3) is 5.57 Å². The van der Waals surface area contributed by atoms with Crippen LogP contribution in [0.5, 0.6) is 0 Å². The molecule has 0 bridgehead atoms. The quantitative estimate of drug-likeness (QED) is 0.429. The molecule has 0 spiro atoms. The van der Waals surface area contributed by atoms with Crippen molar-refractivity contribution in [2.45, 2.75) is 65.5 Å². The van der Waals surface area contributed by atoms with E-state index in [4.69, 9.17) is 4.74 Å². The number of anilines is 2. The zero-order valence-electron chi connectivity index (χ0n) is 22.0. The monoisotopic (exact) mass is 501 g/mol. The van der Waals surface area contributed by atoms with Gasteiger partial charge in [0.1, 0.15) is 11.4 Å². The summed E-state index contributed by atoms with van der Waals surface area (Å²) in [6.45, 7) is 8.36. The van der Waals surface area contributed by atoms with Gasteiger partial charge in [0.2, 0.25) is 0 Å². The van der Waals surface area contributed by atoms with Crippen molar-refractivity contribution >= 4 is 29.1 Å². The summed E-state index contributed by atoms with van der Waals surface area (Å²) in [5.74, 6) is 0.337. The van der Waals surface area contributed by atoms with Crippen LogP contribution in [-0.4, -0.2) is 38.9 Å². The highest BCUT2D eigenvalue weighted by Gasteiger charge is 2.25. The summed E-state index contributed by atoms with van der Waals surface area (Å²) in [5.41, 5.74) is 4.18. The molecule has 4 rings (SSSR count). The molecule has 0 atom stereocenters. The first kappa shape index (κ1) is 26.1. The molecule has 8 heteroatoms. The first-order valence-electron chi connectivity index (χ1n) is 12.7. The summed E-state index contributed by atoms with van der Waals surface area (Å²) in [5, 5.41) is 7.21. The largest absolute Gasteiger partial charge is 0.443 e. The average molecular weight is 502 g/mol. The lowest BCUT2D eigenvalue weighted by atomic mass is 9.86. The van der Waals surface area contributed by atoms with Crippen molar-refractivity contribution in [2.24, 2.45) is 0 Å². The zero-order valence-corrected chi connectivity index (χ0v) is 22.0. The van der Waals surface area contributed by atoms with E-state index < -0.39 is 11.7 Å². The molecule has 0 aliphatic heterocycles. The lowest BCUT2D eigenvalue weighted by Gasteiger charge is -2.27. The second kappa shape index (κ2) is 11.4. The first-order valence-corrected chi connectivity index (χ1v) is 12.7. The van der Waals surface area contributed by atoms with Gasteiger partial charge in [-0.1, -0.05) is 29.8 Å². The molecule has 0 radical (unpaired) electrons. The number of allylic oxidation sites excluding steroid dienone is 1. The molecule has 2 heterocycles. The maximum Gasteiger partial charge on any atom is 0.416 e. The number of hydrogen-bond donors (Lipinski definition) is 1. The van der Waals surface area contributed by atoms with Crippen LogP contribution in [0.2, 0.25) is 0 Å². The first-order chi connectivity index (χ1) is 17.7. The number of carbonyl (C=O) groups excluding carboxylic acids is 2. The number of pyridine rings is 1. The van der Waals surface area contributed by atoms with Gasteiger partial charge in [0.15, 0.2) is 0 Å². The Hall–Kier alpha value is -3.94. The lowest BCUT2D eigenvalue weighted by molar-refractivity contribution is -0.113. The molecule has 37 heavy (non-hydrogen) atoms. The van der Waals surface area contributed by atoms with E-state index in [1.165, 1.54) is 10.5 Å².